The van der Waals surface area contributed by atoms with E-state index in [-0.39, 0.29) is 23.6 Å². The highest BCUT2D eigenvalue weighted by atomic mass is 32.2. The first-order chi connectivity index (χ1) is 12.0. The number of amides is 2. The number of rotatable bonds is 7. The molecule has 0 bridgehead atoms. The molecule has 25 heavy (non-hydrogen) atoms. The molecular formula is C18H22N4O2S. The topological polar surface area (TPSA) is 75.2 Å². The Hall–Kier alpha value is -2.41. The summed E-state index contributed by atoms with van der Waals surface area (Å²) in [6, 6.07) is 9.38. The number of carbonyl (C=O) groups excluding carboxylic acids is 2. The maximum atomic E-state index is 12.4. The number of nitrogens with one attached hydrogen (secondary N) is 1. The van der Waals surface area contributed by atoms with Crippen LogP contribution in [0.3, 0.4) is 0 Å². The number of carbonyl (C=O) groups is 2. The van der Waals surface area contributed by atoms with E-state index in [0.29, 0.717) is 5.16 Å². The Morgan fingerprint density at radius 2 is 1.88 bits per heavy atom. The molecule has 6 nitrogen and oxygen atoms in total. The van der Waals surface area contributed by atoms with Crippen LogP contribution in [0.5, 0.6) is 0 Å². The first-order valence-electron chi connectivity index (χ1n) is 8.07. The predicted molar refractivity (Wildman–Crippen MR) is 99.4 cm³/mol. The van der Waals surface area contributed by atoms with Crippen molar-refractivity contribution >= 4 is 29.3 Å². The van der Waals surface area contributed by atoms with Crippen LogP contribution in [0.1, 0.15) is 19.4 Å². The second-order valence-electron chi connectivity index (χ2n) is 5.54. The van der Waals surface area contributed by atoms with Crippen molar-refractivity contribution in [3.8, 4) is 0 Å². The Kier molecular flexibility index (Phi) is 6.94. The summed E-state index contributed by atoms with van der Waals surface area (Å²) < 4.78 is 0. The summed E-state index contributed by atoms with van der Waals surface area (Å²) in [5, 5.41) is 3.04. The molecule has 1 N–H and O–H groups in total. The van der Waals surface area contributed by atoms with Gasteiger partial charge in [-0.15, -0.1) is 0 Å². The van der Waals surface area contributed by atoms with Crippen LogP contribution in [0, 0.1) is 0 Å². The number of nitrogens with zero attached hydrogens (tertiary/aromatic N) is 3. The molecule has 0 fully saturated rings. The fourth-order valence-electron chi connectivity index (χ4n) is 2.30. The van der Waals surface area contributed by atoms with Crippen molar-refractivity contribution in [2.75, 3.05) is 18.9 Å². The van der Waals surface area contributed by atoms with Crippen molar-refractivity contribution in [2.45, 2.75) is 30.7 Å². The van der Waals surface area contributed by atoms with Gasteiger partial charge in [-0.2, -0.15) is 0 Å². The maximum Gasteiger partial charge on any atom is 0.243 e. The van der Waals surface area contributed by atoms with E-state index in [2.05, 4.69) is 15.3 Å². The lowest BCUT2D eigenvalue weighted by molar-refractivity contribution is -0.132. The van der Waals surface area contributed by atoms with Crippen molar-refractivity contribution in [3.63, 3.8) is 0 Å². The van der Waals surface area contributed by atoms with Gasteiger partial charge in [0.25, 0.3) is 0 Å². The van der Waals surface area contributed by atoms with Gasteiger partial charge in [0.05, 0.1) is 11.8 Å². The molecule has 0 aliphatic heterocycles. The third-order valence-electron chi connectivity index (χ3n) is 3.60. The summed E-state index contributed by atoms with van der Waals surface area (Å²) in [4.78, 5) is 34.3. The first kappa shape index (κ1) is 18.9. The van der Waals surface area contributed by atoms with Crippen LogP contribution in [0.2, 0.25) is 0 Å². The lowest BCUT2D eigenvalue weighted by atomic mass is 10.1. The number of aryl methyl sites for hydroxylation is 1. The molecule has 2 rings (SSSR count). The molecule has 0 saturated carbocycles. The van der Waals surface area contributed by atoms with Gasteiger partial charge >= 0.3 is 0 Å². The number of hydrogen-bond acceptors (Lipinski definition) is 5. The number of para-hydroxylation sites is 1. The van der Waals surface area contributed by atoms with Crippen LogP contribution in [-0.2, 0) is 16.0 Å². The molecule has 1 aromatic heterocycles. The molecule has 1 heterocycles. The minimum absolute atomic E-state index is 0.00255. The summed E-state index contributed by atoms with van der Waals surface area (Å²) in [5.41, 5.74) is 1.85. The second-order valence-corrected chi connectivity index (χ2v) is 6.85. The Morgan fingerprint density at radius 3 is 2.56 bits per heavy atom. The van der Waals surface area contributed by atoms with Crippen LogP contribution in [0.15, 0.2) is 47.9 Å². The van der Waals surface area contributed by atoms with Crippen LogP contribution >= 0.6 is 11.8 Å². The van der Waals surface area contributed by atoms with Crippen LogP contribution < -0.4 is 5.32 Å². The monoisotopic (exact) mass is 358 g/mol. The maximum absolute atomic E-state index is 12.4. The van der Waals surface area contributed by atoms with Gasteiger partial charge in [-0.3, -0.25) is 9.59 Å². The van der Waals surface area contributed by atoms with Crippen molar-refractivity contribution in [1.29, 1.82) is 0 Å². The molecule has 132 valence electrons. The van der Waals surface area contributed by atoms with E-state index in [1.165, 1.54) is 16.7 Å². The molecule has 0 saturated heterocycles. The SMILES string of the molecule is CCc1ccccc1NC(=O)CN(C)C(=O)C(C)Sc1ncccn1. The smallest absolute Gasteiger partial charge is 0.243 e. The lowest BCUT2D eigenvalue weighted by Gasteiger charge is -2.20. The van der Waals surface area contributed by atoms with E-state index in [1.807, 2.05) is 31.2 Å². The summed E-state index contributed by atoms with van der Waals surface area (Å²) >= 11 is 1.27. The van der Waals surface area contributed by atoms with Crippen molar-refractivity contribution in [1.82, 2.24) is 14.9 Å². The zero-order valence-electron chi connectivity index (χ0n) is 14.6. The zero-order valence-corrected chi connectivity index (χ0v) is 15.4. The quantitative estimate of drug-likeness (QED) is 0.608. The summed E-state index contributed by atoms with van der Waals surface area (Å²) in [6.07, 6.45) is 4.10. The van der Waals surface area contributed by atoms with Crippen LogP contribution in [-0.4, -0.2) is 45.5 Å². The van der Waals surface area contributed by atoms with E-state index >= 15 is 0 Å². The van der Waals surface area contributed by atoms with Crippen LogP contribution in [0.25, 0.3) is 0 Å². The van der Waals surface area contributed by atoms with Gasteiger partial charge in [0.15, 0.2) is 5.16 Å². The molecule has 0 spiro atoms. The van der Waals surface area contributed by atoms with Gasteiger partial charge in [0, 0.05) is 25.1 Å². The Bertz CT molecular complexity index is 724. The van der Waals surface area contributed by atoms with Gasteiger partial charge in [-0.1, -0.05) is 36.9 Å². The number of anilines is 1. The Labute approximate surface area is 152 Å². The van der Waals surface area contributed by atoms with Gasteiger partial charge < -0.3 is 10.2 Å². The molecule has 2 amide bonds. The first-order valence-corrected chi connectivity index (χ1v) is 8.95. The molecule has 1 aromatic carbocycles. The van der Waals surface area contributed by atoms with E-state index in [4.69, 9.17) is 0 Å². The normalized spacial score (nSPS) is 11.6. The minimum Gasteiger partial charge on any atom is -0.335 e. The van der Waals surface area contributed by atoms with Crippen molar-refractivity contribution in [3.05, 3.63) is 48.3 Å². The summed E-state index contributed by atoms with van der Waals surface area (Å²) in [5.74, 6) is -0.360. The van der Waals surface area contributed by atoms with Gasteiger partial charge in [0.2, 0.25) is 11.8 Å². The van der Waals surface area contributed by atoms with Gasteiger partial charge in [-0.25, -0.2) is 9.97 Å². The number of likely N-dealkylation sites (N-methyl/N-ethyl adjacent to an activating group) is 1. The molecule has 1 unspecified atom stereocenters. The number of benzene rings is 1. The molecule has 0 aliphatic carbocycles. The largest absolute Gasteiger partial charge is 0.335 e. The summed E-state index contributed by atoms with van der Waals surface area (Å²) in [7, 11) is 1.62. The predicted octanol–water partition coefficient (Wildman–Crippen LogP) is 2.62. The van der Waals surface area contributed by atoms with Crippen molar-refractivity contribution < 1.29 is 9.59 Å². The highest BCUT2D eigenvalue weighted by Gasteiger charge is 2.21. The molecule has 1 atom stereocenters. The van der Waals surface area contributed by atoms with Gasteiger partial charge in [-0.05, 0) is 31.0 Å². The highest BCUT2D eigenvalue weighted by Crippen LogP contribution is 2.20. The average molecular weight is 358 g/mol. The molecule has 0 aliphatic rings. The zero-order chi connectivity index (χ0) is 18.2. The number of aromatic nitrogens is 2. The third-order valence-corrected chi connectivity index (χ3v) is 4.58. The highest BCUT2D eigenvalue weighted by molar-refractivity contribution is 8.00. The van der Waals surface area contributed by atoms with Crippen molar-refractivity contribution in [2.24, 2.45) is 0 Å². The molecule has 7 heteroatoms. The third kappa shape index (κ3) is 5.56. The molecule has 2 aromatic rings. The van der Waals surface area contributed by atoms with Crippen LogP contribution in [0.4, 0.5) is 5.69 Å². The minimum atomic E-state index is -0.372. The molecule has 0 radical (unpaired) electrons. The fourth-order valence-corrected chi connectivity index (χ4v) is 3.14. The number of hydrogen-bond donors (Lipinski definition) is 1. The fraction of sp³-hybridized carbons (Fsp3) is 0.333. The second kappa shape index (κ2) is 9.17. The molecular weight excluding hydrogens is 336 g/mol. The van der Waals surface area contributed by atoms with E-state index in [9.17, 15) is 9.59 Å². The van der Waals surface area contributed by atoms with E-state index in [0.717, 1.165) is 17.7 Å². The van der Waals surface area contributed by atoms with E-state index < -0.39 is 0 Å². The Morgan fingerprint density at radius 1 is 1.20 bits per heavy atom. The summed E-state index contributed by atoms with van der Waals surface area (Å²) in [6.45, 7) is 3.81. The Balaban J connectivity index is 1.90. The van der Waals surface area contributed by atoms with Gasteiger partial charge in [0.1, 0.15) is 0 Å². The standard InChI is InChI=1S/C18H22N4O2S/c1-4-14-8-5-6-9-15(14)21-16(23)12-22(3)17(24)13(2)25-18-19-10-7-11-20-18/h5-11,13H,4,12H2,1-3H3,(H,21,23). The van der Waals surface area contributed by atoms with E-state index in [1.54, 1.807) is 32.4 Å². The lowest BCUT2D eigenvalue weighted by Crippen LogP contribution is -2.39. The number of thioether (sulfide) groups is 1. The average Bonchev–Trinajstić information content (AvgIpc) is 2.62.